The molecule has 0 radical (unpaired) electrons. The Labute approximate surface area is 132 Å². The first kappa shape index (κ1) is 14.0. The van der Waals surface area contributed by atoms with Crippen LogP contribution < -0.4 is 5.32 Å². The van der Waals surface area contributed by atoms with Gasteiger partial charge in [0.2, 0.25) is 5.89 Å². The van der Waals surface area contributed by atoms with Crippen molar-refractivity contribution >= 4 is 6.01 Å². The summed E-state index contributed by atoms with van der Waals surface area (Å²) in [5, 5.41) is 11.0. The second-order valence-corrected chi connectivity index (χ2v) is 5.80. The van der Waals surface area contributed by atoms with E-state index in [9.17, 15) is 4.39 Å². The van der Waals surface area contributed by atoms with Crippen molar-refractivity contribution in [3.8, 4) is 11.3 Å². The van der Waals surface area contributed by atoms with Gasteiger partial charge in [0.15, 0.2) is 0 Å². The van der Waals surface area contributed by atoms with Crippen molar-refractivity contribution in [2.45, 2.75) is 32.2 Å². The van der Waals surface area contributed by atoms with Crippen molar-refractivity contribution in [2.24, 2.45) is 0 Å². The monoisotopic (exact) mass is 313 g/mol. The lowest BCUT2D eigenvalue weighted by molar-refractivity contribution is 0.496. The first-order valence-electron chi connectivity index (χ1n) is 7.61. The highest BCUT2D eigenvalue weighted by atomic mass is 19.1. The number of nitrogens with zero attached hydrogens (tertiary/aromatic N) is 2. The summed E-state index contributed by atoms with van der Waals surface area (Å²) in [6, 6.07) is 8.81. The first-order chi connectivity index (χ1) is 11.2. The number of aryl methyl sites for hydroxylation is 1. The molecule has 1 aliphatic carbocycles. The SMILES string of the molecule is Cc1cc(F)ccc1-c1ccc(CNc2nnc(C3CC3)o2)o1. The number of hydrogen-bond acceptors (Lipinski definition) is 5. The second kappa shape index (κ2) is 5.53. The third-order valence-electron chi connectivity index (χ3n) is 3.90. The van der Waals surface area contributed by atoms with Crippen LogP contribution in [-0.2, 0) is 6.54 Å². The molecule has 4 rings (SSSR count). The van der Waals surface area contributed by atoms with E-state index < -0.39 is 0 Å². The van der Waals surface area contributed by atoms with Crippen LogP contribution in [0, 0.1) is 12.7 Å². The van der Waals surface area contributed by atoms with E-state index in [1.54, 1.807) is 6.07 Å². The number of anilines is 1. The average Bonchev–Trinajstić information content (AvgIpc) is 3.09. The van der Waals surface area contributed by atoms with E-state index in [1.807, 2.05) is 19.1 Å². The van der Waals surface area contributed by atoms with Gasteiger partial charge in [-0.25, -0.2) is 4.39 Å². The van der Waals surface area contributed by atoms with E-state index >= 15 is 0 Å². The second-order valence-electron chi connectivity index (χ2n) is 5.80. The van der Waals surface area contributed by atoms with Gasteiger partial charge in [0.1, 0.15) is 17.3 Å². The summed E-state index contributed by atoms with van der Waals surface area (Å²) in [6.45, 7) is 2.31. The molecule has 6 heteroatoms. The minimum absolute atomic E-state index is 0.248. The van der Waals surface area contributed by atoms with Gasteiger partial charge < -0.3 is 14.2 Å². The average molecular weight is 313 g/mol. The number of aromatic nitrogens is 2. The minimum atomic E-state index is -0.248. The number of halogens is 1. The molecule has 1 aromatic carbocycles. The van der Waals surface area contributed by atoms with Gasteiger partial charge in [0, 0.05) is 11.5 Å². The molecule has 0 spiro atoms. The number of nitrogens with one attached hydrogen (secondary N) is 1. The topological polar surface area (TPSA) is 64.1 Å². The van der Waals surface area contributed by atoms with Crippen molar-refractivity contribution < 1.29 is 13.2 Å². The van der Waals surface area contributed by atoms with Crippen molar-refractivity contribution in [3.05, 3.63) is 53.4 Å². The predicted octanol–water partition coefficient (Wildman–Crippen LogP) is 4.27. The Bertz CT molecular complexity index is 836. The van der Waals surface area contributed by atoms with Gasteiger partial charge in [0.25, 0.3) is 0 Å². The lowest BCUT2D eigenvalue weighted by Gasteiger charge is -2.02. The molecule has 0 atom stereocenters. The predicted molar refractivity (Wildman–Crippen MR) is 82.4 cm³/mol. The standard InChI is InChI=1S/C17H16FN3O2/c1-10-8-12(18)4-6-14(10)15-7-5-13(22-15)9-19-17-21-20-16(23-17)11-2-3-11/h4-8,11H,2-3,9H2,1H3,(H,19,21). The molecule has 0 bridgehead atoms. The number of benzene rings is 1. The Morgan fingerprint density at radius 2 is 2.04 bits per heavy atom. The maximum atomic E-state index is 13.2. The molecule has 0 aliphatic heterocycles. The molecular weight excluding hydrogens is 297 g/mol. The van der Waals surface area contributed by atoms with Crippen LogP contribution in [0.1, 0.15) is 36.0 Å². The summed E-state index contributed by atoms with van der Waals surface area (Å²) in [7, 11) is 0. The molecule has 1 N–H and O–H groups in total. The Morgan fingerprint density at radius 1 is 1.17 bits per heavy atom. The molecule has 0 amide bonds. The molecule has 2 heterocycles. The van der Waals surface area contributed by atoms with Crippen LogP contribution in [0.3, 0.4) is 0 Å². The lowest BCUT2D eigenvalue weighted by Crippen LogP contribution is -1.98. The molecule has 0 saturated heterocycles. The molecule has 5 nitrogen and oxygen atoms in total. The third-order valence-corrected chi connectivity index (χ3v) is 3.90. The Morgan fingerprint density at radius 3 is 2.83 bits per heavy atom. The van der Waals surface area contributed by atoms with Gasteiger partial charge in [-0.2, -0.15) is 0 Å². The van der Waals surface area contributed by atoms with Gasteiger partial charge in [-0.15, -0.1) is 5.10 Å². The molecule has 1 aliphatic rings. The Hall–Kier alpha value is -2.63. The summed E-state index contributed by atoms with van der Waals surface area (Å²) >= 11 is 0. The van der Waals surface area contributed by atoms with E-state index in [2.05, 4.69) is 15.5 Å². The molecule has 0 unspecified atom stereocenters. The van der Waals surface area contributed by atoms with E-state index in [4.69, 9.17) is 8.83 Å². The maximum absolute atomic E-state index is 13.2. The van der Waals surface area contributed by atoms with Crippen LogP contribution in [0.2, 0.25) is 0 Å². The summed E-state index contributed by atoms with van der Waals surface area (Å²) < 4.78 is 24.5. The number of rotatable bonds is 5. The zero-order chi connectivity index (χ0) is 15.8. The molecule has 1 fully saturated rings. The van der Waals surface area contributed by atoms with Crippen molar-refractivity contribution in [3.63, 3.8) is 0 Å². The van der Waals surface area contributed by atoms with Crippen LogP contribution in [0.5, 0.6) is 0 Å². The van der Waals surface area contributed by atoms with Crippen LogP contribution >= 0.6 is 0 Å². The molecule has 1 saturated carbocycles. The lowest BCUT2D eigenvalue weighted by atomic mass is 10.1. The van der Waals surface area contributed by atoms with Gasteiger partial charge >= 0.3 is 6.01 Å². The number of hydrogen-bond donors (Lipinski definition) is 1. The number of furan rings is 1. The Kier molecular flexibility index (Phi) is 3.37. The zero-order valence-electron chi connectivity index (χ0n) is 12.7. The fourth-order valence-corrected chi connectivity index (χ4v) is 2.49. The van der Waals surface area contributed by atoms with Crippen LogP contribution in [-0.4, -0.2) is 10.2 Å². The largest absolute Gasteiger partial charge is 0.459 e. The fraction of sp³-hybridized carbons (Fsp3) is 0.294. The summed E-state index contributed by atoms with van der Waals surface area (Å²) in [5.74, 6) is 2.35. The summed E-state index contributed by atoms with van der Waals surface area (Å²) in [5.41, 5.74) is 1.72. The van der Waals surface area contributed by atoms with Crippen LogP contribution in [0.15, 0.2) is 39.2 Å². The molecule has 3 aromatic rings. The highest BCUT2D eigenvalue weighted by Gasteiger charge is 2.29. The summed E-state index contributed by atoms with van der Waals surface area (Å²) in [6.07, 6.45) is 2.25. The molecule has 2 aromatic heterocycles. The molecular formula is C17H16FN3O2. The van der Waals surface area contributed by atoms with E-state index in [0.29, 0.717) is 30.1 Å². The molecule has 118 valence electrons. The van der Waals surface area contributed by atoms with Gasteiger partial charge in [-0.1, -0.05) is 5.10 Å². The van der Waals surface area contributed by atoms with Gasteiger partial charge in [-0.05, 0) is 55.7 Å². The van der Waals surface area contributed by atoms with E-state index in [0.717, 1.165) is 29.7 Å². The van der Waals surface area contributed by atoms with E-state index in [-0.39, 0.29) is 5.82 Å². The zero-order valence-corrected chi connectivity index (χ0v) is 12.7. The van der Waals surface area contributed by atoms with E-state index in [1.165, 1.54) is 12.1 Å². The van der Waals surface area contributed by atoms with Crippen molar-refractivity contribution in [1.29, 1.82) is 0 Å². The van der Waals surface area contributed by atoms with Gasteiger partial charge in [0.05, 0.1) is 6.54 Å². The van der Waals surface area contributed by atoms with Crippen LogP contribution in [0.25, 0.3) is 11.3 Å². The molecule has 23 heavy (non-hydrogen) atoms. The first-order valence-corrected chi connectivity index (χ1v) is 7.61. The van der Waals surface area contributed by atoms with Gasteiger partial charge in [-0.3, -0.25) is 0 Å². The summed E-state index contributed by atoms with van der Waals surface area (Å²) in [4.78, 5) is 0. The van der Waals surface area contributed by atoms with Crippen molar-refractivity contribution in [1.82, 2.24) is 10.2 Å². The highest BCUT2D eigenvalue weighted by Crippen LogP contribution is 2.39. The quantitative estimate of drug-likeness (QED) is 0.762. The minimum Gasteiger partial charge on any atom is -0.459 e. The highest BCUT2D eigenvalue weighted by molar-refractivity contribution is 5.62. The van der Waals surface area contributed by atoms with Crippen LogP contribution in [0.4, 0.5) is 10.4 Å². The third kappa shape index (κ3) is 2.97. The maximum Gasteiger partial charge on any atom is 0.315 e. The Balaban J connectivity index is 1.44. The van der Waals surface area contributed by atoms with Crippen molar-refractivity contribution in [2.75, 3.05) is 5.32 Å². The normalized spacial score (nSPS) is 14.2. The smallest absolute Gasteiger partial charge is 0.315 e. The fourth-order valence-electron chi connectivity index (χ4n) is 2.49.